The molecule has 0 aliphatic carbocycles. The van der Waals surface area contributed by atoms with Crippen LogP contribution in [0.25, 0.3) is 0 Å². The van der Waals surface area contributed by atoms with E-state index in [2.05, 4.69) is 5.32 Å². The number of sulfone groups is 1. The molecule has 2 fully saturated rings. The quantitative estimate of drug-likeness (QED) is 0.745. The smallest absolute Gasteiger partial charge is 0.236 e. The van der Waals surface area contributed by atoms with E-state index in [1.807, 2.05) is 0 Å². The Morgan fingerprint density at radius 2 is 2.12 bits per heavy atom. The minimum atomic E-state index is -2.97. The van der Waals surface area contributed by atoms with Crippen LogP contribution in [0.15, 0.2) is 0 Å². The zero-order chi connectivity index (χ0) is 12.3. The van der Waals surface area contributed by atoms with Gasteiger partial charge in [-0.1, -0.05) is 6.42 Å². The van der Waals surface area contributed by atoms with Crippen LogP contribution in [0.5, 0.6) is 0 Å². The lowest BCUT2D eigenvalue weighted by Crippen LogP contribution is -2.44. The normalized spacial score (nSPS) is 30.0. The minimum Gasteiger partial charge on any atom is -0.340 e. The summed E-state index contributed by atoms with van der Waals surface area (Å²) in [6, 6.07) is 0. The van der Waals surface area contributed by atoms with Crippen LogP contribution in [0.1, 0.15) is 25.7 Å². The van der Waals surface area contributed by atoms with Crippen LogP contribution in [-0.4, -0.2) is 56.4 Å². The highest BCUT2D eigenvalue weighted by molar-refractivity contribution is 7.92. The summed E-state index contributed by atoms with van der Waals surface area (Å²) < 4.78 is 23.8. The third-order valence-corrected chi connectivity index (χ3v) is 5.81. The monoisotopic (exact) mass is 260 g/mol. The molecule has 2 heterocycles. The first-order valence-corrected chi connectivity index (χ1v) is 8.01. The van der Waals surface area contributed by atoms with E-state index < -0.39 is 9.84 Å². The average Bonchev–Trinajstić information content (AvgIpc) is 2.47. The molecule has 0 radical (unpaired) electrons. The summed E-state index contributed by atoms with van der Waals surface area (Å²) in [5.41, 5.74) is 0. The van der Waals surface area contributed by atoms with E-state index in [-0.39, 0.29) is 16.9 Å². The van der Waals surface area contributed by atoms with E-state index in [9.17, 15) is 13.2 Å². The highest BCUT2D eigenvalue weighted by Crippen LogP contribution is 2.20. The Labute approximate surface area is 102 Å². The second-order valence-corrected chi connectivity index (χ2v) is 7.26. The SMILES string of the molecule is O=C1CNCCCN1CC1CCCCS1(=O)=O. The molecule has 1 unspecified atom stereocenters. The lowest BCUT2D eigenvalue weighted by Gasteiger charge is -2.28. The first-order valence-electron chi connectivity index (χ1n) is 6.30. The van der Waals surface area contributed by atoms with E-state index in [4.69, 9.17) is 0 Å². The van der Waals surface area contributed by atoms with Crippen LogP contribution in [0.3, 0.4) is 0 Å². The lowest BCUT2D eigenvalue weighted by atomic mass is 10.2. The fourth-order valence-electron chi connectivity index (χ4n) is 2.49. The number of carbonyl (C=O) groups is 1. The van der Waals surface area contributed by atoms with Gasteiger partial charge in [-0.05, 0) is 25.8 Å². The van der Waals surface area contributed by atoms with Gasteiger partial charge in [0.05, 0.1) is 17.5 Å². The minimum absolute atomic E-state index is 0.0308. The summed E-state index contributed by atoms with van der Waals surface area (Å²) in [4.78, 5) is 13.5. The Kier molecular flexibility index (Phi) is 4.04. The fourth-order valence-corrected chi connectivity index (χ4v) is 4.36. The second kappa shape index (κ2) is 5.35. The maximum atomic E-state index is 11.9. The van der Waals surface area contributed by atoms with Gasteiger partial charge >= 0.3 is 0 Å². The molecule has 6 heteroatoms. The molecule has 0 bridgehead atoms. The van der Waals surface area contributed by atoms with Gasteiger partial charge in [-0.15, -0.1) is 0 Å². The van der Waals surface area contributed by atoms with Crippen LogP contribution in [0.4, 0.5) is 0 Å². The van der Waals surface area contributed by atoms with Crippen molar-refractivity contribution in [2.75, 3.05) is 31.9 Å². The molecule has 2 aliphatic rings. The maximum absolute atomic E-state index is 11.9. The molecule has 0 aromatic carbocycles. The third-order valence-electron chi connectivity index (χ3n) is 3.55. The molecule has 1 amide bonds. The summed E-state index contributed by atoms with van der Waals surface area (Å²) in [5, 5.41) is 2.71. The first kappa shape index (κ1) is 12.8. The van der Waals surface area contributed by atoms with Gasteiger partial charge in [-0.25, -0.2) is 8.42 Å². The first-order chi connectivity index (χ1) is 8.09. The standard InChI is InChI=1S/C11H20N2O3S/c14-11-8-12-5-3-6-13(11)9-10-4-1-2-7-17(10,15)16/h10,12H,1-9H2. The van der Waals surface area contributed by atoms with Gasteiger partial charge in [-0.2, -0.15) is 0 Å². The number of hydrogen-bond acceptors (Lipinski definition) is 4. The summed E-state index contributed by atoms with van der Waals surface area (Å²) in [5.74, 6) is 0.320. The van der Waals surface area contributed by atoms with E-state index in [1.165, 1.54) is 0 Å². The number of rotatable bonds is 2. The zero-order valence-electron chi connectivity index (χ0n) is 10.0. The van der Waals surface area contributed by atoms with Crippen LogP contribution in [-0.2, 0) is 14.6 Å². The van der Waals surface area contributed by atoms with Crippen LogP contribution in [0, 0.1) is 0 Å². The molecule has 5 nitrogen and oxygen atoms in total. The second-order valence-electron chi connectivity index (χ2n) is 4.85. The molecule has 98 valence electrons. The van der Waals surface area contributed by atoms with Crippen molar-refractivity contribution in [1.82, 2.24) is 10.2 Å². The number of hydrogen-bond donors (Lipinski definition) is 1. The Morgan fingerprint density at radius 3 is 2.88 bits per heavy atom. The third kappa shape index (κ3) is 3.19. The number of nitrogens with one attached hydrogen (secondary N) is 1. The molecular weight excluding hydrogens is 240 g/mol. The molecule has 0 spiro atoms. The van der Waals surface area contributed by atoms with Crippen LogP contribution in [0.2, 0.25) is 0 Å². The van der Waals surface area contributed by atoms with E-state index >= 15 is 0 Å². The summed E-state index contributed by atoms with van der Waals surface area (Å²) in [6.07, 6.45) is 3.34. The molecule has 0 saturated carbocycles. The Hall–Kier alpha value is -0.620. The fraction of sp³-hybridized carbons (Fsp3) is 0.909. The molecular formula is C11H20N2O3S. The molecule has 0 aromatic rings. The van der Waals surface area contributed by atoms with Gasteiger partial charge in [0.1, 0.15) is 0 Å². The Balaban J connectivity index is 2.01. The topological polar surface area (TPSA) is 66.5 Å². The van der Waals surface area contributed by atoms with Crippen molar-refractivity contribution in [1.29, 1.82) is 0 Å². The van der Waals surface area contributed by atoms with E-state index in [0.29, 0.717) is 26.1 Å². The molecule has 17 heavy (non-hydrogen) atoms. The van der Waals surface area contributed by atoms with E-state index in [1.54, 1.807) is 4.90 Å². The van der Waals surface area contributed by atoms with E-state index in [0.717, 1.165) is 25.8 Å². The maximum Gasteiger partial charge on any atom is 0.236 e. The van der Waals surface area contributed by atoms with Gasteiger partial charge in [-0.3, -0.25) is 4.79 Å². The molecule has 1 N–H and O–H groups in total. The van der Waals surface area contributed by atoms with Crippen LogP contribution >= 0.6 is 0 Å². The molecule has 1 atom stereocenters. The van der Waals surface area contributed by atoms with Crippen molar-refractivity contribution in [3.05, 3.63) is 0 Å². The van der Waals surface area contributed by atoms with Gasteiger partial charge < -0.3 is 10.2 Å². The molecule has 2 saturated heterocycles. The van der Waals surface area contributed by atoms with Gasteiger partial charge in [0.2, 0.25) is 5.91 Å². The van der Waals surface area contributed by atoms with Crippen LogP contribution < -0.4 is 5.32 Å². The van der Waals surface area contributed by atoms with Gasteiger partial charge in [0, 0.05) is 13.1 Å². The van der Waals surface area contributed by atoms with Crippen molar-refractivity contribution in [2.24, 2.45) is 0 Å². The highest BCUT2D eigenvalue weighted by Gasteiger charge is 2.31. The Bertz CT molecular complexity index is 380. The van der Waals surface area contributed by atoms with Gasteiger partial charge in [0.25, 0.3) is 0 Å². The molecule has 0 aromatic heterocycles. The molecule has 2 rings (SSSR count). The van der Waals surface area contributed by atoms with Crippen molar-refractivity contribution < 1.29 is 13.2 Å². The van der Waals surface area contributed by atoms with Gasteiger partial charge in [0.15, 0.2) is 9.84 Å². The predicted molar refractivity (Wildman–Crippen MR) is 65.5 cm³/mol. The van der Waals surface area contributed by atoms with Crippen molar-refractivity contribution in [3.8, 4) is 0 Å². The number of nitrogens with zero attached hydrogens (tertiary/aromatic N) is 1. The zero-order valence-corrected chi connectivity index (χ0v) is 10.8. The number of carbonyl (C=O) groups excluding carboxylic acids is 1. The van der Waals surface area contributed by atoms with Crippen molar-refractivity contribution in [3.63, 3.8) is 0 Å². The highest BCUT2D eigenvalue weighted by atomic mass is 32.2. The van der Waals surface area contributed by atoms with Crippen molar-refractivity contribution in [2.45, 2.75) is 30.9 Å². The Morgan fingerprint density at radius 1 is 1.29 bits per heavy atom. The summed E-state index contributed by atoms with van der Waals surface area (Å²) >= 11 is 0. The lowest BCUT2D eigenvalue weighted by molar-refractivity contribution is -0.129. The number of amides is 1. The predicted octanol–water partition coefficient (Wildman–Crippen LogP) is -0.224. The molecule has 2 aliphatic heterocycles. The summed E-state index contributed by atoms with van der Waals surface area (Å²) in [7, 11) is -2.97. The average molecular weight is 260 g/mol. The summed E-state index contributed by atoms with van der Waals surface area (Å²) in [6.45, 7) is 2.24. The van der Waals surface area contributed by atoms with Crippen molar-refractivity contribution >= 4 is 15.7 Å². The largest absolute Gasteiger partial charge is 0.340 e.